The van der Waals surface area contributed by atoms with Gasteiger partial charge in [0, 0.05) is 31.0 Å². The topological polar surface area (TPSA) is 49.4 Å². The van der Waals surface area contributed by atoms with Crippen molar-refractivity contribution in [3.05, 3.63) is 60.2 Å². The van der Waals surface area contributed by atoms with Crippen molar-refractivity contribution in [2.75, 3.05) is 41.4 Å². The first kappa shape index (κ1) is 16.8. The largest absolute Gasteiger partial charge is 0.384 e. The highest BCUT2D eigenvalue weighted by Gasteiger charge is 2.21. The lowest BCUT2D eigenvalue weighted by Crippen LogP contribution is -2.40. The molecule has 2 aromatic carbocycles. The lowest BCUT2D eigenvalue weighted by atomic mass is 10.0. The third-order valence-electron chi connectivity index (χ3n) is 4.54. The number of benzene rings is 2. The summed E-state index contributed by atoms with van der Waals surface area (Å²) in [5.41, 5.74) is 3.48. The number of hydrogen-bond donors (Lipinski definition) is 1. The molecule has 1 aliphatic rings. The van der Waals surface area contributed by atoms with Crippen LogP contribution >= 0.6 is 0 Å². The van der Waals surface area contributed by atoms with Crippen LogP contribution in [0.15, 0.2) is 54.6 Å². The van der Waals surface area contributed by atoms with Crippen LogP contribution in [-0.2, 0) is 9.84 Å². The number of nitrogens with one attached hydrogen (secondary N) is 1. The molecule has 0 unspecified atom stereocenters. The van der Waals surface area contributed by atoms with E-state index in [0.717, 1.165) is 17.9 Å². The van der Waals surface area contributed by atoms with E-state index in [9.17, 15) is 8.42 Å². The summed E-state index contributed by atoms with van der Waals surface area (Å²) in [5.74, 6) is 0.917. The summed E-state index contributed by atoms with van der Waals surface area (Å²) >= 11 is 0. The molecule has 128 valence electrons. The van der Waals surface area contributed by atoms with Crippen LogP contribution < -0.4 is 10.2 Å². The summed E-state index contributed by atoms with van der Waals surface area (Å²) in [6, 6.07) is 18.7. The summed E-state index contributed by atoms with van der Waals surface area (Å²) in [7, 11) is -2.84. The molecule has 1 fully saturated rings. The minimum atomic E-state index is -2.84. The van der Waals surface area contributed by atoms with Gasteiger partial charge >= 0.3 is 0 Å². The summed E-state index contributed by atoms with van der Waals surface area (Å²) in [4.78, 5) is 2.15. The fourth-order valence-electron chi connectivity index (χ4n) is 2.95. The fraction of sp³-hybridized carbons (Fsp3) is 0.368. The number of sulfone groups is 1. The lowest BCUT2D eigenvalue weighted by molar-refractivity contribution is 0.587. The highest BCUT2D eigenvalue weighted by atomic mass is 32.2. The van der Waals surface area contributed by atoms with Gasteiger partial charge in [0.15, 0.2) is 9.84 Å². The van der Waals surface area contributed by atoms with Crippen molar-refractivity contribution in [1.82, 2.24) is 0 Å². The van der Waals surface area contributed by atoms with Gasteiger partial charge < -0.3 is 10.2 Å². The van der Waals surface area contributed by atoms with Crippen LogP contribution in [-0.4, -0.2) is 39.6 Å². The Morgan fingerprint density at radius 1 is 1.04 bits per heavy atom. The monoisotopic (exact) mass is 344 g/mol. The molecular formula is C19H24N2O2S. The van der Waals surface area contributed by atoms with Gasteiger partial charge in [-0.15, -0.1) is 0 Å². The van der Waals surface area contributed by atoms with E-state index in [-0.39, 0.29) is 11.5 Å². The Bertz CT molecular complexity index is 761. The van der Waals surface area contributed by atoms with Gasteiger partial charge in [-0.05, 0) is 29.7 Å². The van der Waals surface area contributed by atoms with Crippen molar-refractivity contribution in [2.45, 2.75) is 12.8 Å². The van der Waals surface area contributed by atoms with Gasteiger partial charge in [0.1, 0.15) is 0 Å². The van der Waals surface area contributed by atoms with Crippen molar-refractivity contribution >= 4 is 21.2 Å². The van der Waals surface area contributed by atoms with Gasteiger partial charge in [-0.25, -0.2) is 8.42 Å². The zero-order valence-corrected chi connectivity index (χ0v) is 14.8. The Balaban J connectivity index is 1.61. The lowest BCUT2D eigenvalue weighted by Gasteiger charge is -2.29. The van der Waals surface area contributed by atoms with E-state index in [1.54, 1.807) is 0 Å². The molecule has 0 spiro atoms. The first-order chi connectivity index (χ1) is 11.5. The highest BCUT2D eigenvalue weighted by molar-refractivity contribution is 7.91. The maximum atomic E-state index is 11.6. The second kappa shape index (κ2) is 7.26. The Labute approximate surface area is 144 Å². The van der Waals surface area contributed by atoms with Gasteiger partial charge in [0.05, 0.1) is 11.5 Å². The molecule has 1 atom stereocenters. The average Bonchev–Trinajstić information content (AvgIpc) is 2.60. The van der Waals surface area contributed by atoms with Crippen LogP contribution in [0.5, 0.6) is 0 Å². The number of nitrogens with zero attached hydrogens (tertiary/aromatic N) is 1. The van der Waals surface area contributed by atoms with Crippen LogP contribution in [0.3, 0.4) is 0 Å². The molecule has 4 nitrogen and oxygen atoms in total. The van der Waals surface area contributed by atoms with Gasteiger partial charge in [0.2, 0.25) is 0 Å². The Morgan fingerprint density at radius 3 is 2.46 bits per heavy atom. The second-order valence-corrected chi connectivity index (χ2v) is 8.69. The predicted molar refractivity (Wildman–Crippen MR) is 101 cm³/mol. The van der Waals surface area contributed by atoms with Gasteiger partial charge in [-0.3, -0.25) is 0 Å². The summed E-state index contributed by atoms with van der Waals surface area (Å²) in [6.45, 7) is 4.22. The minimum Gasteiger partial charge on any atom is -0.384 e. The molecule has 1 saturated heterocycles. The highest BCUT2D eigenvalue weighted by Crippen LogP contribution is 2.22. The molecule has 24 heavy (non-hydrogen) atoms. The summed E-state index contributed by atoms with van der Waals surface area (Å²) in [5, 5.41) is 3.49. The van der Waals surface area contributed by atoms with Crippen LogP contribution in [0.1, 0.15) is 18.4 Å². The van der Waals surface area contributed by atoms with Crippen LogP contribution in [0.2, 0.25) is 0 Å². The molecule has 1 heterocycles. The normalized spacial score (nSPS) is 18.1. The molecule has 0 aliphatic carbocycles. The van der Waals surface area contributed by atoms with E-state index in [2.05, 4.69) is 53.5 Å². The standard InChI is InChI=1S/C19H24N2O2S/c1-16(17-6-3-2-4-7-17)15-20-18-8-5-9-19(14-18)21-10-12-24(22,23)13-11-21/h2-9,14,16,20H,10-13,15H2,1H3/t16-/m1/s1. The molecule has 0 bridgehead atoms. The van der Waals surface area contributed by atoms with E-state index >= 15 is 0 Å². The molecule has 0 radical (unpaired) electrons. The molecule has 3 rings (SSSR count). The Hall–Kier alpha value is -2.01. The summed E-state index contributed by atoms with van der Waals surface area (Å²) < 4.78 is 23.1. The maximum absolute atomic E-state index is 11.6. The maximum Gasteiger partial charge on any atom is 0.153 e. The number of rotatable bonds is 5. The summed E-state index contributed by atoms with van der Waals surface area (Å²) in [6.07, 6.45) is 0. The minimum absolute atomic E-state index is 0.246. The third-order valence-corrected chi connectivity index (χ3v) is 6.15. The van der Waals surface area contributed by atoms with Crippen molar-refractivity contribution in [3.63, 3.8) is 0 Å². The average molecular weight is 344 g/mol. The second-order valence-electron chi connectivity index (χ2n) is 6.38. The zero-order chi connectivity index (χ0) is 17.0. The van der Waals surface area contributed by atoms with Crippen LogP contribution in [0.4, 0.5) is 11.4 Å². The number of anilines is 2. The smallest absolute Gasteiger partial charge is 0.153 e. The molecular weight excluding hydrogens is 320 g/mol. The van der Waals surface area contributed by atoms with Crippen molar-refractivity contribution in [1.29, 1.82) is 0 Å². The fourth-order valence-corrected chi connectivity index (χ4v) is 4.15. The quantitative estimate of drug-likeness (QED) is 0.905. The molecule has 0 amide bonds. The van der Waals surface area contributed by atoms with Crippen LogP contribution in [0.25, 0.3) is 0 Å². The zero-order valence-electron chi connectivity index (χ0n) is 14.0. The van der Waals surface area contributed by atoms with E-state index in [0.29, 0.717) is 19.0 Å². The van der Waals surface area contributed by atoms with Gasteiger partial charge in [-0.1, -0.05) is 43.3 Å². The molecule has 1 N–H and O–H groups in total. The molecule has 1 aliphatic heterocycles. The Morgan fingerprint density at radius 2 is 1.75 bits per heavy atom. The molecule has 0 aromatic heterocycles. The van der Waals surface area contributed by atoms with E-state index in [1.165, 1.54) is 5.56 Å². The van der Waals surface area contributed by atoms with Gasteiger partial charge in [0.25, 0.3) is 0 Å². The first-order valence-electron chi connectivity index (χ1n) is 8.38. The molecule has 2 aromatic rings. The van der Waals surface area contributed by atoms with Crippen molar-refractivity contribution in [3.8, 4) is 0 Å². The first-order valence-corrected chi connectivity index (χ1v) is 10.2. The Kier molecular flexibility index (Phi) is 5.09. The van der Waals surface area contributed by atoms with E-state index in [1.807, 2.05) is 18.2 Å². The van der Waals surface area contributed by atoms with E-state index in [4.69, 9.17) is 0 Å². The van der Waals surface area contributed by atoms with Crippen molar-refractivity contribution in [2.24, 2.45) is 0 Å². The SMILES string of the molecule is C[C@H](CNc1cccc(N2CCS(=O)(=O)CC2)c1)c1ccccc1. The van der Waals surface area contributed by atoms with E-state index < -0.39 is 9.84 Å². The predicted octanol–water partition coefficient (Wildman–Crippen LogP) is 3.14. The number of hydrogen-bond acceptors (Lipinski definition) is 4. The van der Waals surface area contributed by atoms with Crippen LogP contribution in [0, 0.1) is 0 Å². The molecule has 5 heteroatoms. The van der Waals surface area contributed by atoms with Gasteiger partial charge in [-0.2, -0.15) is 0 Å². The molecule has 0 saturated carbocycles. The third kappa shape index (κ3) is 4.29. The van der Waals surface area contributed by atoms with Crippen molar-refractivity contribution < 1.29 is 8.42 Å².